The Labute approximate surface area is 149 Å². The number of aromatic nitrogens is 1. The fraction of sp³-hybridized carbons (Fsp3) is 0.529. The number of benzene rings is 1. The van der Waals surface area contributed by atoms with Crippen molar-refractivity contribution in [2.45, 2.75) is 50.9 Å². The number of amides is 1. The van der Waals surface area contributed by atoms with E-state index in [1.807, 2.05) is 26.0 Å². The van der Waals surface area contributed by atoms with Crippen molar-refractivity contribution < 1.29 is 34.5 Å². The summed E-state index contributed by atoms with van der Waals surface area (Å²) >= 11 is 0. The van der Waals surface area contributed by atoms with Crippen molar-refractivity contribution in [3.05, 3.63) is 29.0 Å². The lowest BCUT2D eigenvalue weighted by atomic mass is 9.97. The predicted octanol–water partition coefficient (Wildman–Crippen LogP) is -1.10. The molecule has 0 bridgehead atoms. The Bertz CT molecular complexity index is 806. The molecule has 0 spiro atoms. The van der Waals surface area contributed by atoms with Crippen molar-refractivity contribution in [3.8, 4) is 0 Å². The smallest absolute Gasteiger partial charge is 0.226 e. The lowest BCUT2D eigenvalue weighted by Crippen LogP contribution is -2.64. The minimum Gasteiger partial charge on any atom is -0.394 e. The van der Waals surface area contributed by atoms with Crippen LogP contribution >= 0.6 is 0 Å². The van der Waals surface area contributed by atoms with Crippen molar-refractivity contribution in [2.24, 2.45) is 0 Å². The Kier molecular flexibility index (Phi) is 5.26. The van der Waals surface area contributed by atoms with E-state index in [-0.39, 0.29) is 6.42 Å². The molecule has 0 radical (unpaired) electrons. The molecule has 1 amide bonds. The second-order valence-corrected chi connectivity index (χ2v) is 6.56. The zero-order valence-corrected chi connectivity index (χ0v) is 14.4. The first kappa shape index (κ1) is 18.7. The number of ether oxygens (including phenoxy) is 1. The number of rotatable bonds is 4. The van der Waals surface area contributed by atoms with E-state index in [9.17, 15) is 20.1 Å². The van der Waals surface area contributed by atoms with Crippen LogP contribution in [0.4, 0.5) is 0 Å². The number of carbonyl (C=O) groups is 1. The standard InChI is InChI=1S/C17H22N2O7/c1-7-3-9-10(19-26-11(9)4-8(7)2)5-13(21)18-14-16(23)15(22)12(6-20)25-17(14)24/h3-4,12,14-17,20,22-24H,5-6H2,1-2H3,(H,18,21)/t12-,14?,15?,16-,17?/m1/s1. The highest BCUT2D eigenvalue weighted by molar-refractivity contribution is 5.87. The highest BCUT2D eigenvalue weighted by atomic mass is 16.6. The maximum absolute atomic E-state index is 12.3. The maximum Gasteiger partial charge on any atom is 0.226 e. The monoisotopic (exact) mass is 366 g/mol. The summed E-state index contributed by atoms with van der Waals surface area (Å²) in [4.78, 5) is 12.3. The molecule has 1 aromatic heterocycles. The highest BCUT2D eigenvalue weighted by Gasteiger charge is 2.44. The largest absolute Gasteiger partial charge is 0.394 e. The fourth-order valence-electron chi connectivity index (χ4n) is 3.01. The molecule has 1 aliphatic rings. The molecule has 9 heteroatoms. The first-order valence-corrected chi connectivity index (χ1v) is 8.27. The van der Waals surface area contributed by atoms with Crippen LogP contribution in [-0.4, -0.2) is 68.7 Å². The highest BCUT2D eigenvalue weighted by Crippen LogP contribution is 2.24. The van der Waals surface area contributed by atoms with Crippen LogP contribution in [0.25, 0.3) is 11.0 Å². The van der Waals surface area contributed by atoms with E-state index < -0.39 is 43.2 Å². The molecule has 2 heterocycles. The lowest BCUT2D eigenvalue weighted by molar-refractivity contribution is -0.253. The Balaban J connectivity index is 1.72. The Morgan fingerprint density at radius 2 is 1.88 bits per heavy atom. The van der Waals surface area contributed by atoms with E-state index in [2.05, 4.69) is 10.5 Å². The van der Waals surface area contributed by atoms with Gasteiger partial charge in [-0.1, -0.05) is 5.16 Å². The molecule has 0 saturated carbocycles. The summed E-state index contributed by atoms with van der Waals surface area (Å²) in [6.45, 7) is 3.32. The van der Waals surface area contributed by atoms with Crippen molar-refractivity contribution in [1.29, 1.82) is 0 Å². The van der Waals surface area contributed by atoms with Gasteiger partial charge in [-0.05, 0) is 37.1 Å². The maximum atomic E-state index is 12.3. The fourth-order valence-corrected chi connectivity index (χ4v) is 3.01. The second-order valence-electron chi connectivity index (χ2n) is 6.56. The van der Waals surface area contributed by atoms with Gasteiger partial charge in [0, 0.05) is 5.39 Å². The van der Waals surface area contributed by atoms with Gasteiger partial charge in [-0.3, -0.25) is 4.79 Å². The molecule has 1 aromatic carbocycles. The van der Waals surface area contributed by atoms with Gasteiger partial charge in [-0.15, -0.1) is 0 Å². The van der Waals surface area contributed by atoms with Gasteiger partial charge in [0.1, 0.15) is 30.0 Å². The van der Waals surface area contributed by atoms with Gasteiger partial charge in [-0.25, -0.2) is 0 Å². The molecule has 5 N–H and O–H groups in total. The molecule has 142 valence electrons. The number of aliphatic hydroxyl groups excluding tert-OH is 4. The van der Waals surface area contributed by atoms with Crippen LogP contribution in [0.2, 0.25) is 0 Å². The first-order chi connectivity index (χ1) is 12.3. The molecule has 2 aromatic rings. The van der Waals surface area contributed by atoms with E-state index in [4.69, 9.17) is 14.4 Å². The number of hydrogen-bond donors (Lipinski definition) is 5. The van der Waals surface area contributed by atoms with Crippen LogP contribution in [0.1, 0.15) is 16.8 Å². The zero-order valence-electron chi connectivity index (χ0n) is 14.4. The number of fused-ring (bicyclic) bond motifs is 1. The third kappa shape index (κ3) is 3.44. The average Bonchev–Trinajstić information content (AvgIpc) is 2.97. The lowest BCUT2D eigenvalue weighted by Gasteiger charge is -2.40. The van der Waals surface area contributed by atoms with E-state index >= 15 is 0 Å². The minimum atomic E-state index is -1.56. The summed E-state index contributed by atoms with van der Waals surface area (Å²) in [7, 11) is 0. The quantitative estimate of drug-likeness (QED) is 0.459. The van der Waals surface area contributed by atoms with Crippen molar-refractivity contribution in [1.82, 2.24) is 10.5 Å². The number of nitrogens with one attached hydrogen (secondary N) is 1. The van der Waals surface area contributed by atoms with Crippen molar-refractivity contribution in [3.63, 3.8) is 0 Å². The van der Waals surface area contributed by atoms with Crippen LogP contribution in [0, 0.1) is 13.8 Å². The SMILES string of the molecule is Cc1cc2onc(CC(=O)NC3C(O)O[C@H](CO)C(O)[C@@H]3O)c2cc1C. The number of nitrogens with zero attached hydrogens (tertiary/aromatic N) is 1. The number of aryl methyl sites for hydroxylation is 2. The van der Waals surface area contributed by atoms with E-state index in [1.54, 1.807) is 0 Å². The first-order valence-electron chi connectivity index (χ1n) is 8.27. The number of carbonyl (C=O) groups excluding carboxylic acids is 1. The van der Waals surface area contributed by atoms with Gasteiger partial charge in [0.05, 0.1) is 13.0 Å². The zero-order chi connectivity index (χ0) is 19.0. The average molecular weight is 366 g/mol. The Hall–Kier alpha value is -2.04. The summed E-state index contributed by atoms with van der Waals surface area (Å²) < 4.78 is 10.3. The van der Waals surface area contributed by atoms with E-state index in [0.717, 1.165) is 11.1 Å². The molecule has 26 heavy (non-hydrogen) atoms. The molecule has 0 aliphatic carbocycles. The normalized spacial score (nSPS) is 29.1. The predicted molar refractivity (Wildman–Crippen MR) is 89.1 cm³/mol. The summed E-state index contributed by atoms with van der Waals surface area (Å²) in [6.07, 6.45) is -5.75. The van der Waals surface area contributed by atoms with Crippen LogP contribution in [0.15, 0.2) is 16.7 Å². The Morgan fingerprint density at radius 3 is 2.58 bits per heavy atom. The van der Waals surface area contributed by atoms with Gasteiger partial charge >= 0.3 is 0 Å². The summed E-state index contributed by atoms with van der Waals surface area (Å²) in [5.74, 6) is -0.528. The molecule has 3 rings (SSSR count). The van der Waals surface area contributed by atoms with Gasteiger partial charge in [-0.2, -0.15) is 0 Å². The van der Waals surface area contributed by atoms with Gasteiger partial charge in [0.15, 0.2) is 11.9 Å². The molecule has 9 nitrogen and oxygen atoms in total. The molecule has 1 fully saturated rings. The molecular formula is C17H22N2O7. The summed E-state index contributed by atoms with van der Waals surface area (Å²) in [6, 6.07) is 2.49. The summed E-state index contributed by atoms with van der Waals surface area (Å²) in [5, 5.41) is 46.0. The van der Waals surface area contributed by atoms with Crippen LogP contribution in [-0.2, 0) is 16.0 Å². The molecule has 1 saturated heterocycles. The van der Waals surface area contributed by atoms with E-state index in [0.29, 0.717) is 16.7 Å². The molecule has 3 unspecified atom stereocenters. The van der Waals surface area contributed by atoms with Crippen molar-refractivity contribution in [2.75, 3.05) is 6.61 Å². The summed E-state index contributed by atoms with van der Waals surface area (Å²) in [5.41, 5.74) is 3.07. The van der Waals surface area contributed by atoms with Gasteiger partial charge < -0.3 is 35.0 Å². The van der Waals surface area contributed by atoms with Crippen LogP contribution < -0.4 is 5.32 Å². The van der Waals surface area contributed by atoms with E-state index in [1.165, 1.54) is 0 Å². The van der Waals surface area contributed by atoms with Gasteiger partial charge in [0.25, 0.3) is 0 Å². The third-order valence-electron chi connectivity index (χ3n) is 4.72. The number of hydrogen-bond acceptors (Lipinski definition) is 8. The third-order valence-corrected chi connectivity index (χ3v) is 4.72. The van der Waals surface area contributed by atoms with Crippen LogP contribution in [0.5, 0.6) is 0 Å². The van der Waals surface area contributed by atoms with Gasteiger partial charge in [0.2, 0.25) is 5.91 Å². The van der Waals surface area contributed by atoms with Crippen LogP contribution in [0.3, 0.4) is 0 Å². The second kappa shape index (κ2) is 7.29. The minimum absolute atomic E-state index is 0.134. The van der Waals surface area contributed by atoms with Crippen molar-refractivity contribution >= 4 is 16.9 Å². The molecular weight excluding hydrogens is 344 g/mol. The topological polar surface area (TPSA) is 145 Å². The molecule has 1 aliphatic heterocycles. The Morgan fingerprint density at radius 1 is 1.19 bits per heavy atom. The number of aliphatic hydroxyl groups is 4. The molecule has 5 atom stereocenters.